The first-order chi connectivity index (χ1) is 38.2. The zero-order chi connectivity index (χ0) is 57.7. The van der Waals surface area contributed by atoms with Crippen molar-refractivity contribution in [1.29, 1.82) is 0 Å². The summed E-state index contributed by atoms with van der Waals surface area (Å²) in [6.45, 7) is 11.3. The molecule has 2 rings (SSSR count). The normalized spacial score (nSPS) is 12.2. The van der Waals surface area contributed by atoms with Crippen LogP contribution >= 0.6 is 0 Å². The third-order valence-corrected chi connectivity index (χ3v) is 14.0. The predicted octanol–water partition coefficient (Wildman–Crippen LogP) is 17.7. The van der Waals surface area contributed by atoms with Gasteiger partial charge in [-0.05, 0) is 131 Å². The predicted molar refractivity (Wildman–Crippen MR) is 313 cm³/mol. The van der Waals surface area contributed by atoms with E-state index in [-0.39, 0.29) is 68.4 Å². The van der Waals surface area contributed by atoms with Gasteiger partial charge in [-0.25, -0.2) is 4.79 Å². The second kappa shape index (κ2) is 45.2. The first-order valence-corrected chi connectivity index (χ1v) is 30.4. The van der Waals surface area contributed by atoms with Gasteiger partial charge in [-0.2, -0.15) is 0 Å². The molecule has 0 bridgehead atoms. The molecule has 0 heterocycles. The number of nitrogens with zero attached hydrogens (tertiary/aromatic N) is 1. The summed E-state index contributed by atoms with van der Waals surface area (Å²) in [6, 6.07) is 8.55. The number of rotatable bonds is 47. The number of benzene rings is 2. The summed E-state index contributed by atoms with van der Waals surface area (Å²) in [5.41, 5.74) is 1.87. The molecule has 0 N–H and O–H groups in total. The molecule has 0 aliphatic heterocycles. The largest absolute Gasteiger partial charge is 0.514 e. The molecule has 79 heavy (non-hydrogen) atoms. The molecule has 14 nitrogen and oxygen atoms in total. The molecular formula is C65H101NO13. The summed E-state index contributed by atoms with van der Waals surface area (Å²) in [7, 11) is 0. The van der Waals surface area contributed by atoms with Crippen molar-refractivity contribution >= 4 is 35.7 Å². The summed E-state index contributed by atoms with van der Waals surface area (Å²) in [5.74, 6) is -1.59. The van der Waals surface area contributed by atoms with Gasteiger partial charge in [0.1, 0.15) is 31.3 Å². The number of hydrogen-bond donors (Lipinski definition) is 0. The minimum Gasteiger partial charge on any atom is -0.462 e. The standard InChI is InChI=1S/C65H101NO13/c1-7-9-11-13-15-17-19-21-23-25-27-29-31-33-35-40-60(67)74-50-59(51-75-61(68)41-36-34-32-30-28-26-24-22-20-18-16-14-12-10-8-2)77-62(69)46-52(3)38-37-39-53(4)64(70)79-63-54(5)47-56(48-55(63)6)49-76-65(71)78-58-44-42-57(43-45-58)66(72)73/h21-24,42-45,47-48,52-53,59H,7-20,25-41,46,49-51H2,1-6H3/b23-21-,24-22-. The van der Waals surface area contributed by atoms with Gasteiger partial charge >= 0.3 is 30.0 Å². The second-order valence-electron chi connectivity index (χ2n) is 21.7. The molecule has 0 saturated heterocycles. The summed E-state index contributed by atoms with van der Waals surface area (Å²) in [5, 5.41) is 10.9. The van der Waals surface area contributed by atoms with Crippen molar-refractivity contribution in [3.05, 3.63) is 87.5 Å². The maximum Gasteiger partial charge on any atom is 0.514 e. The molecule has 2 atom stereocenters. The lowest BCUT2D eigenvalue weighted by Gasteiger charge is -2.20. The fourth-order valence-electron chi connectivity index (χ4n) is 9.21. The van der Waals surface area contributed by atoms with E-state index < -0.39 is 35.0 Å². The summed E-state index contributed by atoms with van der Waals surface area (Å²) < 4.78 is 33.1. The third-order valence-electron chi connectivity index (χ3n) is 14.0. The van der Waals surface area contributed by atoms with Crippen molar-refractivity contribution in [2.45, 2.75) is 260 Å². The Morgan fingerprint density at radius 2 is 0.987 bits per heavy atom. The van der Waals surface area contributed by atoms with Crippen molar-refractivity contribution in [3.63, 3.8) is 0 Å². The van der Waals surface area contributed by atoms with E-state index in [1.807, 2.05) is 6.92 Å². The molecule has 0 radical (unpaired) electrons. The number of aryl methyl sites for hydroxylation is 2. The van der Waals surface area contributed by atoms with E-state index in [1.165, 1.54) is 101 Å². The number of nitro groups is 1. The average Bonchev–Trinajstić information content (AvgIpc) is 3.42. The fraction of sp³-hybridized carbons (Fsp3) is 0.677. The number of hydrogen-bond acceptors (Lipinski definition) is 13. The number of nitro benzene ring substituents is 1. The van der Waals surface area contributed by atoms with E-state index in [4.69, 9.17) is 28.4 Å². The van der Waals surface area contributed by atoms with Crippen LogP contribution in [0.2, 0.25) is 0 Å². The van der Waals surface area contributed by atoms with Gasteiger partial charge < -0.3 is 28.4 Å². The van der Waals surface area contributed by atoms with Gasteiger partial charge in [-0.15, -0.1) is 0 Å². The Kier molecular flexibility index (Phi) is 39.8. The Morgan fingerprint density at radius 3 is 1.44 bits per heavy atom. The van der Waals surface area contributed by atoms with Crippen LogP contribution in [0.5, 0.6) is 11.5 Å². The van der Waals surface area contributed by atoms with E-state index in [1.54, 1.807) is 32.9 Å². The van der Waals surface area contributed by atoms with E-state index in [0.29, 0.717) is 41.7 Å². The van der Waals surface area contributed by atoms with Crippen molar-refractivity contribution in [2.24, 2.45) is 11.8 Å². The van der Waals surface area contributed by atoms with Gasteiger partial charge in [0.05, 0.1) is 10.8 Å². The Morgan fingerprint density at radius 1 is 0.544 bits per heavy atom. The molecule has 2 unspecified atom stereocenters. The van der Waals surface area contributed by atoms with Gasteiger partial charge in [-0.1, -0.05) is 168 Å². The third kappa shape index (κ3) is 36.4. The number of unbranched alkanes of at least 4 members (excludes halogenated alkanes) is 22. The summed E-state index contributed by atoms with van der Waals surface area (Å²) in [4.78, 5) is 74.6. The van der Waals surface area contributed by atoms with Gasteiger partial charge in [0, 0.05) is 31.4 Å². The van der Waals surface area contributed by atoms with Gasteiger partial charge in [0.25, 0.3) is 5.69 Å². The lowest BCUT2D eigenvalue weighted by molar-refractivity contribution is -0.384. The number of esters is 4. The molecule has 0 aromatic heterocycles. The van der Waals surface area contributed by atoms with E-state index in [2.05, 4.69) is 38.2 Å². The molecule has 0 fully saturated rings. The van der Waals surface area contributed by atoms with Crippen LogP contribution in [-0.4, -0.2) is 54.3 Å². The number of carbonyl (C=O) groups excluding carboxylic acids is 5. The number of carbonyl (C=O) groups is 5. The van der Waals surface area contributed by atoms with E-state index in [9.17, 15) is 34.1 Å². The van der Waals surface area contributed by atoms with Gasteiger partial charge in [0.15, 0.2) is 6.10 Å². The van der Waals surface area contributed by atoms with Crippen molar-refractivity contribution < 1.29 is 57.3 Å². The quantitative estimate of drug-likeness (QED) is 0.00892. The van der Waals surface area contributed by atoms with Crippen LogP contribution in [0.4, 0.5) is 10.5 Å². The Balaban J connectivity index is 1.78. The first kappa shape index (κ1) is 69.6. The molecule has 0 aliphatic carbocycles. The number of non-ortho nitro benzene ring substituents is 1. The van der Waals surface area contributed by atoms with Gasteiger partial charge in [0.2, 0.25) is 0 Å². The molecule has 0 saturated carbocycles. The van der Waals surface area contributed by atoms with E-state index in [0.717, 1.165) is 89.9 Å². The van der Waals surface area contributed by atoms with Crippen LogP contribution in [0, 0.1) is 35.8 Å². The van der Waals surface area contributed by atoms with Crippen molar-refractivity contribution in [1.82, 2.24) is 0 Å². The Labute approximate surface area is 475 Å². The van der Waals surface area contributed by atoms with Crippen LogP contribution in [0.1, 0.15) is 250 Å². The van der Waals surface area contributed by atoms with Crippen LogP contribution < -0.4 is 9.47 Å². The van der Waals surface area contributed by atoms with Crippen LogP contribution in [0.25, 0.3) is 0 Å². The Hall–Kier alpha value is -5.53. The van der Waals surface area contributed by atoms with Crippen molar-refractivity contribution in [2.75, 3.05) is 13.2 Å². The van der Waals surface area contributed by atoms with Crippen molar-refractivity contribution in [3.8, 4) is 11.5 Å². The first-order valence-electron chi connectivity index (χ1n) is 30.4. The molecule has 14 heteroatoms. The molecule has 0 amide bonds. The smallest absolute Gasteiger partial charge is 0.462 e. The fourth-order valence-corrected chi connectivity index (χ4v) is 9.21. The zero-order valence-corrected chi connectivity index (χ0v) is 49.5. The molecule has 2 aromatic rings. The average molecular weight is 1100 g/mol. The zero-order valence-electron chi connectivity index (χ0n) is 49.5. The second-order valence-corrected chi connectivity index (χ2v) is 21.7. The number of ether oxygens (including phenoxy) is 6. The van der Waals surface area contributed by atoms with E-state index >= 15 is 0 Å². The lowest BCUT2D eigenvalue weighted by Crippen LogP contribution is -2.31. The Bertz CT molecular complexity index is 1980. The summed E-state index contributed by atoms with van der Waals surface area (Å²) in [6.07, 6.45) is 40.1. The lowest BCUT2D eigenvalue weighted by atomic mass is 9.96. The SMILES string of the molecule is CCCCCCCC/C=C\CCCCCCCC(=O)OCC(COC(=O)CCCCCCC/C=C\CCCCCCCC)OC(=O)CC(C)CCCC(C)C(=O)Oc1c(C)cc(COC(=O)Oc2ccc([N+](=O)[O-])cc2)cc1C. The molecule has 2 aromatic carbocycles. The highest BCUT2D eigenvalue weighted by Gasteiger charge is 2.23. The molecule has 444 valence electrons. The van der Waals surface area contributed by atoms with Crippen LogP contribution in [-0.2, 0) is 44.7 Å². The maximum atomic E-state index is 13.2. The highest BCUT2D eigenvalue weighted by Crippen LogP contribution is 2.28. The highest BCUT2D eigenvalue weighted by molar-refractivity contribution is 5.75. The number of allylic oxidation sites excluding steroid dienone is 4. The highest BCUT2D eigenvalue weighted by atomic mass is 16.7. The van der Waals surface area contributed by atoms with Crippen LogP contribution in [0.3, 0.4) is 0 Å². The maximum absolute atomic E-state index is 13.2. The molecule has 0 spiro atoms. The monoisotopic (exact) mass is 1100 g/mol. The topological polar surface area (TPSA) is 184 Å². The minimum atomic E-state index is -0.974. The molecule has 0 aliphatic rings. The summed E-state index contributed by atoms with van der Waals surface area (Å²) >= 11 is 0. The molecular weight excluding hydrogens is 1000 g/mol. The minimum absolute atomic E-state index is 0.0746. The van der Waals surface area contributed by atoms with Crippen LogP contribution in [0.15, 0.2) is 60.7 Å². The van der Waals surface area contributed by atoms with Gasteiger partial charge in [-0.3, -0.25) is 29.3 Å².